The maximum atomic E-state index is 5.53. The van der Waals surface area contributed by atoms with E-state index in [0.29, 0.717) is 18.3 Å². The average molecular weight is 158 g/mol. The van der Waals surface area contributed by atoms with Gasteiger partial charge in [-0.25, -0.2) is 0 Å². The fourth-order valence-corrected chi connectivity index (χ4v) is 1.86. The van der Waals surface area contributed by atoms with E-state index in [-0.39, 0.29) is 0 Å². The highest BCUT2D eigenvalue weighted by molar-refractivity contribution is 4.87. The average Bonchev–Trinajstić information content (AvgIpc) is 2.46. The van der Waals surface area contributed by atoms with Crippen LogP contribution in [0.5, 0.6) is 0 Å². The highest BCUT2D eigenvalue weighted by atomic mass is 16.6. The number of fused-ring (bicyclic) bond motifs is 1. The third kappa shape index (κ3) is 1.41. The van der Waals surface area contributed by atoms with Gasteiger partial charge in [-0.2, -0.15) is 0 Å². The summed E-state index contributed by atoms with van der Waals surface area (Å²) < 4.78 is 16.3. The molecule has 2 fully saturated rings. The molecule has 0 bridgehead atoms. The van der Waals surface area contributed by atoms with Gasteiger partial charge in [-0.1, -0.05) is 0 Å². The van der Waals surface area contributed by atoms with E-state index in [4.69, 9.17) is 14.2 Å². The Balaban J connectivity index is 1.92. The summed E-state index contributed by atoms with van der Waals surface area (Å²) in [6.07, 6.45) is 2.95. The molecule has 64 valence electrons. The van der Waals surface area contributed by atoms with Crippen molar-refractivity contribution in [3.8, 4) is 0 Å². The first-order valence-corrected chi connectivity index (χ1v) is 4.16. The zero-order valence-electron chi connectivity index (χ0n) is 6.79. The van der Waals surface area contributed by atoms with Crippen LogP contribution < -0.4 is 0 Å². The zero-order valence-corrected chi connectivity index (χ0v) is 6.79. The first-order chi connectivity index (χ1) is 5.40. The molecule has 2 rings (SSSR count). The molecule has 0 N–H and O–H groups in total. The lowest BCUT2D eigenvalue weighted by Crippen LogP contribution is -2.33. The van der Waals surface area contributed by atoms with Crippen molar-refractivity contribution < 1.29 is 14.2 Å². The summed E-state index contributed by atoms with van der Waals surface area (Å²) in [6.45, 7) is 1.50. The molecule has 0 aromatic carbocycles. The van der Waals surface area contributed by atoms with E-state index in [0.717, 1.165) is 26.1 Å². The summed E-state index contributed by atoms with van der Waals surface area (Å²) in [6, 6.07) is 0. The summed E-state index contributed by atoms with van der Waals surface area (Å²) in [7, 11) is 1.75. The lowest BCUT2D eigenvalue weighted by atomic mass is 10.2. The van der Waals surface area contributed by atoms with Crippen LogP contribution in [0.25, 0.3) is 0 Å². The minimum absolute atomic E-state index is 0.300. The van der Waals surface area contributed by atoms with E-state index in [1.807, 2.05) is 0 Å². The van der Waals surface area contributed by atoms with Gasteiger partial charge in [-0.15, -0.1) is 0 Å². The highest BCUT2D eigenvalue weighted by Gasteiger charge is 2.37. The molecule has 0 amide bonds. The quantitative estimate of drug-likeness (QED) is 0.558. The van der Waals surface area contributed by atoms with Crippen molar-refractivity contribution in [1.82, 2.24) is 0 Å². The molecule has 2 aliphatic rings. The Labute approximate surface area is 66.6 Å². The monoisotopic (exact) mass is 158 g/mol. The van der Waals surface area contributed by atoms with Gasteiger partial charge in [0.2, 0.25) is 0 Å². The number of rotatable bonds is 1. The molecule has 11 heavy (non-hydrogen) atoms. The number of hydrogen-bond acceptors (Lipinski definition) is 3. The van der Waals surface area contributed by atoms with Crippen molar-refractivity contribution in [2.75, 3.05) is 20.3 Å². The van der Waals surface area contributed by atoms with Crippen LogP contribution in [-0.2, 0) is 14.2 Å². The van der Waals surface area contributed by atoms with Crippen molar-refractivity contribution in [3.63, 3.8) is 0 Å². The minimum atomic E-state index is 0.300. The second-order valence-corrected chi connectivity index (χ2v) is 3.15. The fraction of sp³-hybridized carbons (Fsp3) is 1.00. The fourth-order valence-electron chi connectivity index (χ4n) is 1.86. The van der Waals surface area contributed by atoms with Crippen LogP contribution in [0.1, 0.15) is 12.8 Å². The second kappa shape index (κ2) is 3.09. The third-order valence-electron chi connectivity index (χ3n) is 2.49. The van der Waals surface area contributed by atoms with Crippen LogP contribution in [0.4, 0.5) is 0 Å². The van der Waals surface area contributed by atoms with Gasteiger partial charge in [0.1, 0.15) is 0 Å². The Hall–Kier alpha value is -0.120. The normalized spacial score (nSPS) is 43.9. The van der Waals surface area contributed by atoms with Crippen LogP contribution in [-0.4, -0.2) is 38.6 Å². The maximum Gasteiger partial charge on any atom is 0.0863 e. The van der Waals surface area contributed by atoms with Crippen LogP contribution in [0, 0.1) is 0 Å². The van der Waals surface area contributed by atoms with E-state index >= 15 is 0 Å². The smallest absolute Gasteiger partial charge is 0.0863 e. The minimum Gasteiger partial charge on any atom is -0.381 e. The Morgan fingerprint density at radius 1 is 1.09 bits per heavy atom. The van der Waals surface area contributed by atoms with Crippen LogP contribution in [0.3, 0.4) is 0 Å². The van der Waals surface area contributed by atoms with E-state index in [9.17, 15) is 0 Å². The van der Waals surface area contributed by atoms with Crippen LogP contribution in [0.15, 0.2) is 0 Å². The van der Waals surface area contributed by atoms with Gasteiger partial charge in [0.25, 0.3) is 0 Å². The number of methoxy groups -OCH3 is 1. The molecule has 2 unspecified atom stereocenters. The van der Waals surface area contributed by atoms with Crippen molar-refractivity contribution in [2.45, 2.75) is 31.2 Å². The predicted octanol–water partition coefficient (Wildman–Crippen LogP) is 0.579. The largest absolute Gasteiger partial charge is 0.381 e. The molecule has 3 heteroatoms. The van der Waals surface area contributed by atoms with E-state index in [1.165, 1.54) is 0 Å². The van der Waals surface area contributed by atoms with Crippen molar-refractivity contribution in [3.05, 3.63) is 0 Å². The summed E-state index contributed by atoms with van der Waals surface area (Å²) in [5.41, 5.74) is 0. The highest BCUT2D eigenvalue weighted by Crippen LogP contribution is 2.29. The second-order valence-electron chi connectivity index (χ2n) is 3.15. The molecule has 1 aliphatic carbocycles. The molecule has 3 nitrogen and oxygen atoms in total. The number of hydrogen-bond donors (Lipinski definition) is 0. The Morgan fingerprint density at radius 3 is 2.09 bits per heavy atom. The lowest BCUT2D eigenvalue weighted by molar-refractivity contribution is -0.124. The maximum absolute atomic E-state index is 5.53. The molecule has 1 saturated heterocycles. The molecule has 1 aliphatic heterocycles. The van der Waals surface area contributed by atoms with E-state index in [2.05, 4.69) is 0 Å². The van der Waals surface area contributed by atoms with Crippen molar-refractivity contribution >= 4 is 0 Å². The molecule has 0 spiro atoms. The first-order valence-electron chi connectivity index (χ1n) is 4.16. The summed E-state index contributed by atoms with van der Waals surface area (Å²) in [5, 5.41) is 0. The Morgan fingerprint density at radius 2 is 1.64 bits per heavy atom. The Kier molecular flexibility index (Phi) is 2.11. The molecule has 0 radical (unpaired) electrons. The zero-order chi connectivity index (χ0) is 7.68. The molecular formula is C8H14O3. The van der Waals surface area contributed by atoms with E-state index in [1.54, 1.807) is 7.11 Å². The van der Waals surface area contributed by atoms with Crippen LogP contribution in [0.2, 0.25) is 0 Å². The third-order valence-corrected chi connectivity index (χ3v) is 2.49. The Bertz CT molecular complexity index is 123. The van der Waals surface area contributed by atoms with Crippen LogP contribution >= 0.6 is 0 Å². The van der Waals surface area contributed by atoms with Gasteiger partial charge in [-0.05, 0) is 0 Å². The van der Waals surface area contributed by atoms with Gasteiger partial charge in [-0.3, -0.25) is 0 Å². The van der Waals surface area contributed by atoms with Gasteiger partial charge in [0.15, 0.2) is 0 Å². The van der Waals surface area contributed by atoms with Crippen molar-refractivity contribution in [1.29, 1.82) is 0 Å². The van der Waals surface area contributed by atoms with Gasteiger partial charge in [0, 0.05) is 20.0 Å². The molecule has 0 aromatic rings. The summed E-state index contributed by atoms with van der Waals surface area (Å²) in [5.74, 6) is 0. The first kappa shape index (κ1) is 7.53. The molecule has 2 atom stereocenters. The molecule has 0 aromatic heterocycles. The lowest BCUT2D eigenvalue weighted by Gasteiger charge is -2.25. The molecule has 1 saturated carbocycles. The van der Waals surface area contributed by atoms with E-state index < -0.39 is 0 Å². The summed E-state index contributed by atoms with van der Waals surface area (Å²) >= 11 is 0. The van der Waals surface area contributed by atoms with Gasteiger partial charge in [0.05, 0.1) is 31.5 Å². The van der Waals surface area contributed by atoms with Crippen molar-refractivity contribution in [2.24, 2.45) is 0 Å². The topological polar surface area (TPSA) is 27.7 Å². The predicted molar refractivity (Wildman–Crippen MR) is 39.5 cm³/mol. The SMILES string of the molecule is COC1CC2OCCOC2C1. The van der Waals surface area contributed by atoms with Gasteiger partial charge < -0.3 is 14.2 Å². The van der Waals surface area contributed by atoms with Gasteiger partial charge >= 0.3 is 0 Å². The molecular weight excluding hydrogens is 144 g/mol. The number of ether oxygens (including phenoxy) is 3. The molecule has 1 heterocycles. The standard InChI is InChI=1S/C8H14O3/c1-9-6-4-7-8(5-6)11-3-2-10-7/h6-8H,2-5H2,1H3. The summed E-state index contributed by atoms with van der Waals surface area (Å²) in [4.78, 5) is 0.